The van der Waals surface area contributed by atoms with Gasteiger partial charge in [-0.15, -0.1) is 11.3 Å². The normalized spacial score (nSPS) is 29.7. The second-order valence-corrected chi connectivity index (χ2v) is 6.54. The first-order valence-electron chi connectivity index (χ1n) is 6.56. The number of nitrogens with zero attached hydrogens (tertiary/aromatic N) is 1. The third-order valence-electron chi connectivity index (χ3n) is 3.73. The SMILES string of the molecule is CCc1cnc(C(C)NCC2(C)COCC2N)s1. The summed E-state index contributed by atoms with van der Waals surface area (Å²) in [7, 11) is 0. The standard InChI is InChI=1S/C13H23N3OS/c1-4-10-5-15-12(18-10)9(2)16-7-13(3)8-17-6-11(13)14/h5,9,11,16H,4,6-8,14H2,1-3H3. The van der Waals surface area contributed by atoms with E-state index in [0.29, 0.717) is 6.61 Å². The van der Waals surface area contributed by atoms with Crippen molar-refractivity contribution < 1.29 is 4.74 Å². The molecule has 0 saturated carbocycles. The van der Waals surface area contributed by atoms with Crippen LogP contribution in [-0.4, -0.2) is 30.8 Å². The third-order valence-corrected chi connectivity index (χ3v) is 5.05. The van der Waals surface area contributed by atoms with Crippen LogP contribution in [0.2, 0.25) is 0 Å². The summed E-state index contributed by atoms with van der Waals surface area (Å²) >= 11 is 1.79. The Morgan fingerprint density at radius 1 is 1.72 bits per heavy atom. The second kappa shape index (κ2) is 5.65. The summed E-state index contributed by atoms with van der Waals surface area (Å²) in [4.78, 5) is 5.81. The Bertz CT molecular complexity index is 395. The zero-order chi connectivity index (χ0) is 13.2. The Balaban J connectivity index is 1.89. The summed E-state index contributed by atoms with van der Waals surface area (Å²) in [5, 5.41) is 4.69. The maximum Gasteiger partial charge on any atom is 0.109 e. The molecule has 0 radical (unpaired) electrons. The van der Waals surface area contributed by atoms with Crippen LogP contribution in [0, 0.1) is 5.41 Å². The van der Waals surface area contributed by atoms with Gasteiger partial charge < -0.3 is 15.8 Å². The van der Waals surface area contributed by atoms with Gasteiger partial charge in [-0.1, -0.05) is 13.8 Å². The zero-order valence-corrected chi connectivity index (χ0v) is 12.2. The average Bonchev–Trinajstić information content (AvgIpc) is 2.95. The van der Waals surface area contributed by atoms with E-state index in [2.05, 4.69) is 31.1 Å². The third kappa shape index (κ3) is 2.91. The van der Waals surface area contributed by atoms with Crippen molar-refractivity contribution in [2.24, 2.45) is 11.1 Å². The molecular weight excluding hydrogens is 246 g/mol. The van der Waals surface area contributed by atoms with Crippen molar-refractivity contribution in [3.8, 4) is 0 Å². The molecule has 18 heavy (non-hydrogen) atoms. The first kappa shape index (κ1) is 13.9. The van der Waals surface area contributed by atoms with Crippen molar-refractivity contribution in [2.45, 2.75) is 39.3 Å². The number of aromatic nitrogens is 1. The number of thiazole rings is 1. The fraction of sp³-hybridized carbons (Fsp3) is 0.769. The Morgan fingerprint density at radius 2 is 2.50 bits per heavy atom. The van der Waals surface area contributed by atoms with E-state index in [4.69, 9.17) is 10.5 Å². The van der Waals surface area contributed by atoms with Crippen molar-refractivity contribution >= 4 is 11.3 Å². The maximum absolute atomic E-state index is 6.09. The predicted molar refractivity (Wildman–Crippen MR) is 74.8 cm³/mol. The lowest BCUT2D eigenvalue weighted by atomic mass is 9.85. The minimum Gasteiger partial charge on any atom is -0.379 e. The molecule has 3 unspecified atom stereocenters. The van der Waals surface area contributed by atoms with Crippen molar-refractivity contribution in [1.29, 1.82) is 0 Å². The van der Waals surface area contributed by atoms with Gasteiger partial charge >= 0.3 is 0 Å². The van der Waals surface area contributed by atoms with Crippen molar-refractivity contribution in [3.05, 3.63) is 16.1 Å². The summed E-state index contributed by atoms with van der Waals surface area (Å²) in [6.45, 7) is 8.78. The molecule has 2 rings (SSSR count). The number of nitrogens with one attached hydrogen (secondary N) is 1. The number of rotatable bonds is 5. The van der Waals surface area contributed by atoms with Gasteiger partial charge in [0.2, 0.25) is 0 Å². The molecule has 3 N–H and O–H groups in total. The molecule has 1 aromatic heterocycles. The molecule has 1 aliphatic heterocycles. The maximum atomic E-state index is 6.09. The lowest BCUT2D eigenvalue weighted by molar-refractivity contribution is 0.156. The van der Waals surface area contributed by atoms with Gasteiger partial charge in [-0.25, -0.2) is 4.98 Å². The average molecular weight is 269 g/mol. The van der Waals surface area contributed by atoms with E-state index in [-0.39, 0.29) is 17.5 Å². The largest absolute Gasteiger partial charge is 0.379 e. The van der Waals surface area contributed by atoms with E-state index < -0.39 is 0 Å². The van der Waals surface area contributed by atoms with Crippen LogP contribution in [0.3, 0.4) is 0 Å². The van der Waals surface area contributed by atoms with Gasteiger partial charge in [-0.3, -0.25) is 0 Å². The Hall–Kier alpha value is -0.490. The van der Waals surface area contributed by atoms with Gasteiger partial charge in [0.1, 0.15) is 5.01 Å². The number of nitrogens with two attached hydrogens (primary N) is 1. The molecule has 0 aromatic carbocycles. The second-order valence-electron chi connectivity index (χ2n) is 5.40. The summed E-state index contributed by atoms with van der Waals surface area (Å²) < 4.78 is 5.45. The number of hydrogen-bond donors (Lipinski definition) is 2. The van der Waals surface area contributed by atoms with E-state index in [1.165, 1.54) is 4.88 Å². The molecule has 1 aliphatic rings. The van der Waals surface area contributed by atoms with E-state index in [1.807, 2.05) is 6.20 Å². The summed E-state index contributed by atoms with van der Waals surface area (Å²) in [5.74, 6) is 0. The first-order valence-corrected chi connectivity index (χ1v) is 7.38. The quantitative estimate of drug-likeness (QED) is 0.854. The van der Waals surface area contributed by atoms with E-state index in [1.54, 1.807) is 11.3 Å². The summed E-state index contributed by atoms with van der Waals surface area (Å²) in [6.07, 6.45) is 3.03. The van der Waals surface area contributed by atoms with Crippen molar-refractivity contribution in [2.75, 3.05) is 19.8 Å². The Kier molecular flexibility index (Phi) is 4.37. The van der Waals surface area contributed by atoms with E-state index in [9.17, 15) is 0 Å². The molecule has 0 aliphatic carbocycles. The highest BCUT2D eigenvalue weighted by Gasteiger charge is 2.37. The molecule has 0 amide bonds. The Labute approximate surface area is 113 Å². The lowest BCUT2D eigenvalue weighted by Crippen LogP contribution is -2.45. The summed E-state index contributed by atoms with van der Waals surface area (Å²) in [6, 6.07) is 0.402. The van der Waals surface area contributed by atoms with Gasteiger partial charge in [-0.2, -0.15) is 0 Å². The number of ether oxygens (including phenoxy) is 1. The van der Waals surface area contributed by atoms with E-state index >= 15 is 0 Å². The van der Waals surface area contributed by atoms with E-state index in [0.717, 1.165) is 24.6 Å². The smallest absolute Gasteiger partial charge is 0.109 e. The van der Waals surface area contributed by atoms with Crippen LogP contribution in [0.5, 0.6) is 0 Å². The van der Waals surface area contributed by atoms with Crippen LogP contribution in [-0.2, 0) is 11.2 Å². The molecule has 1 fully saturated rings. The molecule has 5 heteroatoms. The zero-order valence-electron chi connectivity index (χ0n) is 11.4. The van der Waals surface area contributed by atoms with Gasteiger partial charge in [-0.05, 0) is 13.3 Å². The van der Waals surface area contributed by atoms with Crippen molar-refractivity contribution in [1.82, 2.24) is 10.3 Å². The molecule has 3 atom stereocenters. The van der Waals surface area contributed by atoms with Crippen LogP contribution in [0.1, 0.15) is 36.7 Å². The lowest BCUT2D eigenvalue weighted by Gasteiger charge is -2.28. The summed E-state index contributed by atoms with van der Waals surface area (Å²) in [5.41, 5.74) is 6.13. The molecular formula is C13H23N3OS. The molecule has 4 nitrogen and oxygen atoms in total. The molecule has 1 aromatic rings. The van der Waals surface area contributed by atoms with Crippen LogP contribution in [0.25, 0.3) is 0 Å². The van der Waals surface area contributed by atoms with Crippen LogP contribution in [0.4, 0.5) is 0 Å². The van der Waals surface area contributed by atoms with Crippen LogP contribution < -0.4 is 11.1 Å². The van der Waals surface area contributed by atoms with Crippen molar-refractivity contribution in [3.63, 3.8) is 0 Å². The van der Waals surface area contributed by atoms with Gasteiger partial charge in [0.25, 0.3) is 0 Å². The minimum atomic E-state index is 0.0408. The number of aryl methyl sites for hydroxylation is 1. The highest BCUT2D eigenvalue weighted by atomic mass is 32.1. The molecule has 0 spiro atoms. The topological polar surface area (TPSA) is 60.2 Å². The fourth-order valence-electron chi connectivity index (χ4n) is 2.07. The number of hydrogen-bond acceptors (Lipinski definition) is 5. The minimum absolute atomic E-state index is 0.0408. The molecule has 1 saturated heterocycles. The first-order chi connectivity index (χ1) is 8.55. The van der Waals surface area contributed by atoms with Gasteiger partial charge in [0, 0.05) is 29.1 Å². The van der Waals surface area contributed by atoms with Gasteiger partial charge in [0.05, 0.1) is 19.3 Å². The molecule has 0 bridgehead atoms. The fourth-order valence-corrected chi connectivity index (χ4v) is 2.95. The monoisotopic (exact) mass is 269 g/mol. The predicted octanol–water partition coefficient (Wildman–Crippen LogP) is 1.72. The van der Waals surface area contributed by atoms with Gasteiger partial charge in [0.15, 0.2) is 0 Å². The highest BCUT2D eigenvalue weighted by Crippen LogP contribution is 2.27. The molecule has 102 valence electrons. The molecule has 2 heterocycles. The Morgan fingerprint density at radius 3 is 3.06 bits per heavy atom. The van der Waals surface area contributed by atoms with Crippen LogP contribution in [0.15, 0.2) is 6.20 Å². The highest BCUT2D eigenvalue weighted by molar-refractivity contribution is 7.11. The van der Waals surface area contributed by atoms with Crippen LogP contribution >= 0.6 is 11.3 Å².